The van der Waals surface area contributed by atoms with Gasteiger partial charge in [0.15, 0.2) is 4.34 Å². The Morgan fingerprint density at radius 3 is 2.75 bits per heavy atom. The number of aromatic nitrogens is 2. The van der Waals surface area contributed by atoms with Gasteiger partial charge in [-0.25, -0.2) is 0 Å². The molecule has 10 heteroatoms. The Morgan fingerprint density at radius 1 is 1.33 bits per heavy atom. The first-order chi connectivity index (χ1) is 11.6. The van der Waals surface area contributed by atoms with Crippen molar-refractivity contribution in [2.45, 2.75) is 15.0 Å². The number of alkyl halides is 2. The quantitative estimate of drug-likeness (QED) is 0.535. The molecule has 0 radical (unpaired) electrons. The summed E-state index contributed by atoms with van der Waals surface area (Å²) in [4.78, 5) is 11.9. The highest BCUT2D eigenvalue weighted by atomic mass is 32.2. The van der Waals surface area contributed by atoms with Crippen molar-refractivity contribution in [1.82, 2.24) is 15.5 Å². The van der Waals surface area contributed by atoms with Crippen LogP contribution in [0.15, 0.2) is 33.5 Å². The molecule has 0 fully saturated rings. The molecule has 0 saturated heterocycles. The van der Waals surface area contributed by atoms with Gasteiger partial charge >= 0.3 is 0 Å². The van der Waals surface area contributed by atoms with Crippen LogP contribution in [0.25, 0.3) is 0 Å². The van der Waals surface area contributed by atoms with Gasteiger partial charge in [0.1, 0.15) is 0 Å². The lowest BCUT2D eigenvalue weighted by Gasteiger charge is -2.03. The maximum absolute atomic E-state index is 12.3. The molecule has 0 unspecified atom stereocenters. The molecule has 0 saturated carbocycles. The molecule has 2 N–H and O–H groups in total. The van der Waals surface area contributed by atoms with E-state index < -0.39 is 5.76 Å². The van der Waals surface area contributed by atoms with Crippen molar-refractivity contribution in [1.29, 1.82) is 0 Å². The van der Waals surface area contributed by atoms with Crippen molar-refractivity contribution in [2.24, 2.45) is 0 Å². The molecule has 0 spiro atoms. The Hall–Kier alpha value is -1.83. The number of benzene rings is 1. The van der Waals surface area contributed by atoms with Crippen LogP contribution in [0.4, 0.5) is 19.6 Å². The Labute approximate surface area is 150 Å². The molecule has 24 heavy (non-hydrogen) atoms. The highest BCUT2D eigenvalue weighted by Crippen LogP contribution is 2.29. The van der Waals surface area contributed by atoms with Gasteiger partial charge in [-0.05, 0) is 24.3 Å². The minimum absolute atomic E-state index is 0.172. The fraction of sp³-hybridized carbons (Fsp3) is 0.214. The van der Waals surface area contributed by atoms with E-state index >= 15 is 0 Å². The number of carbonyl (C=O) groups excluding carboxylic acids is 1. The molecule has 0 aliphatic rings. The maximum atomic E-state index is 12.3. The SMILES string of the molecule is C#CCNC(=O)CSc1nnc(Nc2ccc(SC(F)F)cc2)s1. The van der Waals surface area contributed by atoms with Crippen LogP contribution >= 0.6 is 34.9 Å². The van der Waals surface area contributed by atoms with Gasteiger partial charge in [-0.3, -0.25) is 4.79 Å². The van der Waals surface area contributed by atoms with Gasteiger partial charge in [-0.1, -0.05) is 40.8 Å². The van der Waals surface area contributed by atoms with Gasteiger partial charge in [0, 0.05) is 10.6 Å². The second-order valence-electron chi connectivity index (χ2n) is 4.17. The molecule has 2 aromatic rings. The predicted octanol–water partition coefficient (Wildman–Crippen LogP) is 3.44. The monoisotopic (exact) mass is 386 g/mol. The summed E-state index contributed by atoms with van der Waals surface area (Å²) in [6.07, 6.45) is 5.06. The first-order valence-electron chi connectivity index (χ1n) is 6.55. The van der Waals surface area contributed by atoms with E-state index in [-0.39, 0.29) is 18.2 Å². The lowest BCUT2D eigenvalue weighted by Crippen LogP contribution is -2.25. The maximum Gasteiger partial charge on any atom is 0.288 e. The smallest absolute Gasteiger partial charge is 0.288 e. The van der Waals surface area contributed by atoms with Crippen LogP contribution in [0.3, 0.4) is 0 Å². The number of carbonyl (C=O) groups is 1. The van der Waals surface area contributed by atoms with Crippen LogP contribution in [-0.4, -0.2) is 34.2 Å². The van der Waals surface area contributed by atoms with Crippen molar-refractivity contribution in [3.05, 3.63) is 24.3 Å². The Morgan fingerprint density at radius 2 is 2.08 bits per heavy atom. The highest BCUT2D eigenvalue weighted by Gasteiger charge is 2.09. The molecule has 0 bridgehead atoms. The first kappa shape index (κ1) is 18.5. The summed E-state index contributed by atoms with van der Waals surface area (Å²) < 4.78 is 25.2. The number of amides is 1. The van der Waals surface area contributed by atoms with E-state index in [0.29, 0.717) is 31.8 Å². The molecule has 1 aromatic heterocycles. The molecule has 1 heterocycles. The van der Waals surface area contributed by atoms with E-state index in [9.17, 15) is 13.6 Å². The summed E-state index contributed by atoms with van der Waals surface area (Å²) in [5, 5.41) is 14.1. The number of hydrogen-bond donors (Lipinski definition) is 2. The topological polar surface area (TPSA) is 66.9 Å². The van der Waals surface area contributed by atoms with Crippen LogP contribution < -0.4 is 10.6 Å². The number of nitrogens with zero attached hydrogens (tertiary/aromatic N) is 2. The second kappa shape index (κ2) is 9.46. The zero-order valence-electron chi connectivity index (χ0n) is 12.2. The summed E-state index contributed by atoms with van der Waals surface area (Å²) in [6.45, 7) is 0.197. The number of rotatable bonds is 8. The average Bonchev–Trinajstić information content (AvgIpc) is 3.00. The number of hydrogen-bond acceptors (Lipinski definition) is 7. The van der Waals surface area contributed by atoms with Crippen molar-refractivity contribution in [3.63, 3.8) is 0 Å². The average molecular weight is 386 g/mol. The summed E-state index contributed by atoms with van der Waals surface area (Å²) in [5.74, 6) is -0.0849. The van der Waals surface area contributed by atoms with E-state index in [0.717, 1.165) is 0 Å². The van der Waals surface area contributed by atoms with Crippen molar-refractivity contribution < 1.29 is 13.6 Å². The molecule has 5 nitrogen and oxygen atoms in total. The van der Waals surface area contributed by atoms with Crippen molar-refractivity contribution >= 4 is 51.6 Å². The fourth-order valence-corrected chi connectivity index (χ4v) is 3.59. The van der Waals surface area contributed by atoms with Gasteiger partial charge in [0.05, 0.1) is 12.3 Å². The molecule has 0 aliphatic carbocycles. The van der Waals surface area contributed by atoms with E-state index in [1.807, 2.05) is 0 Å². The van der Waals surface area contributed by atoms with Gasteiger partial charge < -0.3 is 10.6 Å². The third-order valence-electron chi connectivity index (χ3n) is 2.45. The zero-order chi connectivity index (χ0) is 17.4. The Bertz CT molecular complexity index is 716. The Kier molecular flexibility index (Phi) is 7.30. The summed E-state index contributed by atoms with van der Waals surface area (Å²) in [5.41, 5.74) is 0.716. The van der Waals surface area contributed by atoms with Gasteiger partial charge in [-0.15, -0.1) is 16.6 Å². The first-order valence-corrected chi connectivity index (χ1v) is 9.23. The number of halogens is 2. The molecule has 126 valence electrons. The second-order valence-corrected chi connectivity index (χ2v) is 7.43. The van der Waals surface area contributed by atoms with Crippen LogP contribution in [0, 0.1) is 12.3 Å². The fourth-order valence-electron chi connectivity index (χ4n) is 1.49. The largest absolute Gasteiger partial charge is 0.344 e. The summed E-state index contributed by atoms with van der Waals surface area (Å²) >= 11 is 3.04. The Balaban J connectivity index is 1.85. The van der Waals surface area contributed by atoms with Gasteiger partial charge in [0.25, 0.3) is 5.76 Å². The van der Waals surface area contributed by atoms with E-state index in [1.54, 1.807) is 24.3 Å². The van der Waals surface area contributed by atoms with Crippen LogP contribution in [-0.2, 0) is 4.79 Å². The van der Waals surface area contributed by atoms with E-state index in [4.69, 9.17) is 6.42 Å². The minimum Gasteiger partial charge on any atom is -0.344 e. The molecule has 0 aliphatic heterocycles. The van der Waals surface area contributed by atoms with Crippen LogP contribution in [0.2, 0.25) is 0 Å². The molecule has 0 atom stereocenters. The molecular weight excluding hydrogens is 374 g/mol. The standard InChI is InChI=1S/C14H12F2N4OS3/c1-2-7-17-11(21)8-22-14-20-19-13(24-14)18-9-3-5-10(6-4-9)23-12(15)16/h1,3-6,12H,7-8H2,(H,17,21)(H,18,19). The molecule has 1 amide bonds. The minimum atomic E-state index is -2.44. The molecule has 1 aromatic carbocycles. The number of terminal acetylenes is 1. The normalized spacial score (nSPS) is 10.4. The van der Waals surface area contributed by atoms with E-state index in [2.05, 4.69) is 26.8 Å². The van der Waals surface area contributed by atoms with Crippen molar-refractivity contribution in [3.8, 4) is 12.3 Å². The molecular formula is C14H12F2N4OS3. The van der Waals surface area contributed by atoms with Crippen molar-refractivity contribution in [2.75, 3.05) is 17.6 Å². The lowest BCUT2D eigenvalue weighted by atomic mass is 10.3. The van der Waals surface area contributed by atoms with Gasteiger partial charge in [-0.2, -0.15) is 8.78 Å². The predicted molar refractivity (Wildman–Crippen MR) is 94.1 cm³/mol. The summed E-state index contributed by atoms with van der Waals surface area (Å²) in [6, 6.07) is 6.58. The van der Waals surface area contributed by atoms with Crippen LogP contribution in [0.1, 0.15) is 0 Å². The third kappa shape index (κ3) is 6.35. The molecule has 2 rings (SSSR count). The van der Waals surface area contributed by atoms with Crippen LogP contribution in [0.5, 0.6) is 0 Å². The summed E-state index contributed by atoms with van der Waals surface area (Å²) in [7, 11) is 0. The lowest BCUT2D eigenvalue weighted by molar-refractivity contribution is -0.118. The highest BCUT2D eigenvalue weighted by molar-refractivity contribution is 8.01. The third-order valence-corrected chi connectivity index (χ3v) is 5.15. The zero-order valence-corrected chi connectivity index (χ0v) is 14.6. The number of thioether (sulfide) groups is 2. The number of nitrogens with one attached hydrogen (secondary N) is 2. The van der Waals surface area contributed by atoms with Gasteiger partial charge in [0.2, 0.25) is 11.0 Å². The number of anilines is 2. The van der Waals surface area contributed by atoms with E-state index in [1.165, 1.54) is 23.1 Å².